The monoisotopic (exact) mass is 407 g/mol. The number of aliphatic hydroxyl groups is 1. The molecule has 6 nitrogen and oxygen atoms in total. The highest BCUT2D eigenvalue weighted by molar-refractivity contribution is 7.90. The van der Waals surface area contributed by atoms with Gasteiger partial charge >= 0.3 is 0 Å². The molecule has 0 amide bonds. The minimum atomic E-state index is -3.25. The van der Waals surface area contributed by atoms with E-state index in [0.29, 0.717) is 35.1 Å². The first kappa shape index (κ1) is 21.8. The van der Waals surface area contributed by atoms with Crippen LogP contribution < -0.4 is 10.6 Å². The number of hydrogen-bond acceptors (Lipinski definition) is 4. The molecular weight excluding hydrogens is 381 g/mol. The van der Waals surface area contributed by atoms with E-state index in [-0.39, 0.29) is 12.4 Å². The van der Waals surface area contributed by atoms with Crippen molar-refractivity contribution < 1.29 is 17.9 Å². The maximum atomic E-state index is 13.0. The lowest BCUT2D eigenvalue weighted by Crippen LogP contribution is -2.39. The van der Waals surface area contributed by atoms with Gasteiger partial charge in [-0.15, -0.1) is 0 Å². The van der Waals surface area contributed by atoms with Crippen LogP contribution >= 0.6 is 0 Å². The average molecular weight is 408 g/mol. The van der Waals surface area contributed by atoms with E-state index in [1.165, 1.54) is 30.5 Å². The third-order valence-electron chi connectivity index (χ3n) is 4.12. The van der Waals surface area contributed by atoms with E-state index in [9.17, 15) is 17.9 Å². The van der Waals surface area contributed by atoms with E-state index in [1.54, 1.807) is 25.1 Å². The predicted octanol–water partition coefficient (Wildman–Crippen LogP) is 2.33. The van der Waals surface area contributed by atoms with Gasteiger partial charge in [0, 0.05) is 19.3 Å². The Balaban J connectivity index is 2.03. The number of halogens is 1. The van der Waals surface area contributed by atoms with Crippen LogP contribution in [0.2, 0.25) is 0 Å². The normalized spacial score (nSPS) is 13.2. The van der Waals surface area contributed by atoms with E-state index < -0.39 is 15.9 Å². The van der Waals surface area contributed by atoms with Gasteiger partial charge in [0.05, 0.1) is 17.5 Å². The molecule has 0 spiro atoms. The molecule has 28 heavy (non-hydrogen) atoms. The fourth-order valence-electron chi connectivity index (χ4n) is 2.73. The quantitative estimate of drug-likeness (QED) is 0.484. The van der Waals surface area contributed by atoms with Crippen molar-refractivity contribution in [1.29, 1.82) is 0 Å². The van der Waals surface area contributed by atoms with Gasteiger partial charge < -0.3 is 15.7 Å². The predicted molar refractivity (Wildman–Crippen MR) is 108 cm³/mol. The van der Waals surface area contributed by atoms with Crippen LogP contribution in [0.25, 0.3) is 0 Å². The van der Waals surface area contributed by atoms with Gasteiger partial charge in [-0.1, -0.05) is 24.3 Å². The smallest absolute Gasteiger partial charge is 0.191 e. The molecule has 0 heterocycles. The number of nitrogens with one attached hydrogen (secondary N) is 2. The fraction of sp³-hybridized carbons (Fsp3) is 0.350. The highest BCUT2D eigenvalue weighted by atomic mass is 32.2. The summed E-state index contributed by atoms with van der Waals surface area (Å²) >= 11 is 0. The number of benzene rings is 2. The number of nitrogens with zero attached hydrogens (tertiary/aromatic N) is 1. The van der Waals surface area contributed by atoms with Crippen molar-refractivity contribution >= 4 is 15.8 Å². The zero-order chi connectivity index (χ0) is 20.7. The number of guanidine groups is 1. The fourth-order valence-corrected chi connectivity index (χ4v) is 3.69. The first-order valence-corrected chi connectivity index (χ1v) is 10.8. The van der Waals surface area contributed by atoms with Gasteiger partial charge in [-0.25, -0.2) is 17.8 Å². The van der Waals surface area contributed by atoms with Gasteiger partial charge in [0.15, 0.2) is 15.8 Å². The Morgan fingerprint density at radius 1 is 1.18 bits per heavy atom. The lowest BCUT2D eigenvalue weighted by atomic mass is 10.1. The van der Waals surface area contributed by atoms with Crippen molar-refractivity contribution in [2.75, 3.05) is 19.3 Å². The van der Waals surface area contributed by atoms with Crippen molar-refractivity contribution in [3.8, 4) is 0 Å². The van der Waals surface area contributed by atoms with E-state index in [4.69, 9.17) is 0 Å². The zero-order valence-electron chi connectivity index (χ0n) is 16.2. The van der Waals surface area contributed by atoms with Gasteiger partial charge in [-0.2, -0.15) is 0 Å². The third kappa shape index (κ3) is 6.31. The van der Waals surface area contributed by atoms with Crippen molar-refractivity contribution in [2.45, 2.75) is 31.4 Å². The number of rotatable bonds is 7. The van der Waals surface area contributed by atoms with Crippen LogP contribution in [-0.4, -0.2) is 38.8 Å². The second-order valence-corrected chi connectivity index (χ2v) is 8.50. The summed E-state index contributed by atoms with van der Waals surface area (Å²) in [4.78, 5) is 4.78. The van der Waals surface area contributed by atoms with Crippen LogP contribution in [0.15, 0.2) is 52.4 Å². The average Bonchev–Trinajstić information content (AvgIpc) is 2.63. The molecule has 0 fully saturated rings. The summed E-state index contributed by atoms with van der Waals surface area (Å²) in [5.41, 5.74) is 2.16. The van der Waals surface area contributed by atoms with Crippen LogP contribution in [0.1, 0.15) is 29.7 Å². The van der Waals surface area contributed by atoms with Gasteiger partial charge in [0.2, 0.25) is 0 Å². The molecule has 2 rings (SSSR count). The maximum Gasteiger partial charge on any atom is 0.191 e. The summed E-state index contributed by atoms with van der Waals surface area (Å²) in [5, 5.41) is 16.4. The zero-order valence-corrected chi connectivity index (χ0v) is 17.1. The standard InChI is InChI=1S/C20H26FN3O3S/c1-4-22-20(24-13-18(25)16-6-8-17(21)9-7-16)23-12-15-5-10-19(14(2)11-15)28(3,26)27/h5-11,18,25H,4,12-13H2,1-3H3,(H2,22,23,24). The van der Waals surface area contributed by atoms with Gasteiger partial charge in [0.1, 0.15) is 5.82 Å². The number of sulfone groups is 1. The number of hydrogen-bond donors (Lipinski definition) is 3. The van der Waals surface area contributed by atoms with Crippen molar-refractivity contribution in [2.24, 2.45) is 4.99 Å². The Morgan fingerprint density at radius 3 is 2.43 bits per heavy atom. The second-order valence-electron chi connectivity index (χ2n) is 6.52. The first-order chi connectivity index (χ1) is 13.2. The number of aryl methyl sites for hydroxylation is 1. The Hall–Kier alpha value is -2.45. The second kappa shape index (κ2) is 9.66. The van der Waals surface area contributed by atoms with E-state index >= 15 is 0 Å². The molecule has 0 aliphatic carbocycles. The SMILES string of the molecule is CCNC(=NCc1ccc(S(C)(=O)=O)c(C)c1)NCC(O)c1ccc(F)cc1. The third-order valence-corrected chi connectivity index (χ3v) is 5.38. The molecule has 0 aliphatic heterocycles. The molecule has 3 N–H and O–H groups in total. The molecule has 0 saturated heterocycles. The summed E-state index contributed by atoms with van der Waals surface area (Å²) in [7, 11) is -3.25. The molecule has 152 valence electrons. The minimum absolute atomic E-state index is 0.212. The molecule has 8 heteroatoms. The number of aliphatic imine (C=N–C) groups is 1. The minimum Gasteiger partial charge on any atom is -0.387 e. The molecule has 0 radical (unpaired) electrons. The molecule has 1 unspecified atom stereocenters. The van der Waals surface area contributed by atoms with Crippen LogP contribution in [0.4, 0.5) is 4.39 Å². The first-order valence-electron chi connectivity index (χ1n) is 8.96. The molecule has 0 aliphatic rings. The highest BCUT2D eigenvalue weighted by Crippen LogP contribution is 2.17. The Labute approximate surface area is 165 Å². The summed E-state index contributed by atoms with van der Waals surface area (Å²) in [5.74, 6) is 0.171. The lowest BCUT2D eigenvalue weighted by molar-refractivity contribution is 0.180. The Bertz CT molecular complexity index is 928. The molecule has 1 atom stereocenters. The van der Waals surface area contributed by atoms with E-state index in [1.807, 2.05) is 6.92 Å². The molecule has 2 aromatic carbocycles. The Morgan fingerprint density at radius 2 is 1.86 bits per heavy atom. The van der Waals surface area contributed by atoms with Gasteiger partial charge in [-0.05, 0) is 48.7 Å². The lowest BCUT2D eigenvalue weighted by Gasteiger charge is -2.15. The van der Waals surface area contributed by atoms with Crippen LogP contribution in [0, 0.1) is 12.7 Å². The highest BCUT2D eigenvalue weighted by Gasteiger charge is 2.11. The van der Waals surface area contributed by atoms with E-state index in [0.717, 1.165) is 5.56 Å². The molecular formula is C20H26FN3O3S. The largest absolute Gasteiger partial charge is 0.387 e. The topological polar surface area (TPSA) is 90.8 Å². The van der Waals surface area contributed by atoms with Crippen LogP contribution in [0.5, 0.6) is 0 Å². The van der Waals surface area contributed by atoms with Crippen molar-refractivity contribution in [1.82, 2.24) is 10.6 Å². The molecule has 0 saturated carbocycles. The van der Waals surface area contributed by atoms with Gasteiger partial charge in [-0.3, -0.25) is 0 Å². The molecule has 0 aromatic heterocycles. The maximum absolute atomic E-state index is 13.0. The molecule has 0 bridgehead atoms. The van der Waals surface area contributed by atoms with Crippen molar-refractivity contribution in [3.63, 3.8) is 0 Å². The summed E-state index contributed by atoms with van der Waals surface area (Å²) in [6.07, 6.45) is 0.382. The Kier molecular flexibility index (Phi) is 7.53. The van der Waals surface area contributed by atoms with Gasteiger partial charge in [0.25, 0.3) is 0 Å². The molecule has 2 aromatic rings. The summed E-state index contributed by atoms with van der Waals surface area (Å²) in [6.45, 7) is 4.89. The van der Waals surface area contributed by atoms with E-state index in [2.05, 4.69) is 15.6 Å². The number of aliphatic hydroxyl groups excluding tert-OH is 1. The van der Waals surface area contributed by atoms with Crippen molar-refractivity contribution in [3.05, 3.63) is 65.0 Å². The van der Waals surface area contributed by atoms with Crippen LogP contribution in [-0.2, 0) is 16.4 Å². The summed E-state index contributed by atoms with van der Waals surface area (Å²) in [6, 6.07) is 10.8. The summed E-state index contributed by atoms with van der Waals surface area (Å²) < 4.78 is 36.4. The van der Waals surface area contributed by atoms with Crippen LogP contribution in [0.3, 0.4) is 0 Å².